The van der Waals surface area contributed by atoms with E-state index in [0.29, 0.717) is 11.3 Å². The van der Waals surface area contributed by atoms with Gasteiger partial charge in [0, 0.05) is 45.3 Å². The summed E-state index contributed by atoms with van der Waals surface area (Å²) in [6.07, 6.45) is 3.95. The highest BCUT2D eigenvalue weighted by Crippen LogP contribution is 2.62. The summed E-state index contributed by atoms with van der Waals surface area (Å²) in [4.78, 5) is 15.0. The molecule has 1 N–H and O–H groups in total. The number of hydrogen-bond acceptors (Lipinski definition) is 3. The number of nitrogens with one attached hydrogen (secondary N) is 1. The minimum atomic E-state index is 0.0785. The number of aryl methyl sites for hydroxylation is 1. The summed E-state index contributed by atoms with van der Waals surface area (Å²) in [5.41, 5.74) is 1.65. The molecule has 2 saturated heterocycles. The number of carbonyl (C=O) groups excluding carboxylic acids is 1. The van der Waals surface area contributed by atoms with Crippen LogP contribution in [-0.4, -0.2) is 46.8 Å². The third-order valence-corrected chi connectivity index (χ3v) is 6.12. The molecule has 1 amide bonds. The van der Waals surface area contributed by atoms with E-state index in [0.717, 1.165) is 38.0 Å². The van der Waals surface area contributed by atoms with Crippen LogP contribution in [0.1, 0.15) is 25.3 Å². The van der Waals surface area contributed by atoms with E-state index in [4.69, 9.17) is 0 Å². The molecule has 1 aromatic rings. The summed E-state index contributed by atoms with van der Waals surface area (Å²) in [6, 6.07) is 0. The van der Waals surface area contributed by atoms with Crippen LogP contribution in [0.3, 0.4) is 0 Å². The van der Waals surface area contributed by atoms with Gasteiger partial charge >= 0.3 is 0 Å². The minimum absolute atomic E-state index is 0.0785. The highest BCUT2D eigenvalue weighted by Gasteiger charge is 2.63. The van der Waals surface area contributed by atoms with Crippen molar-refractivity contribution >= 4 is 5.91 Å². The first kappa shape index (κ1) is 13.3. The average Bonchev–Trinajstić information content (AvgIpc) is 3.01. The zero-order chi connectivity index (χ0) is 14.8. The highest BCUT2D eigenvalue weighted by atomic mass is 16.2. The maximum atomic E-state index is 12.9. The second kappa shape index (κ2) is 4.32. The van der Waals surface area contributed by atoms with E-state index in [2.05, 4.69) is 29.2 Å². The summed E-state index contributed by atoms with van der Waals surface area (Å²) in [5, 5.41) is 7.64. The van der Waals surface area contributed by atoms with Crippen molar-refractivity contribution in [2.75, 3.05) is 26.2 Å². The summed E-state index contributed by atoms with van der Waals surface area (Å²) in [7, 11) is 1.93. The van der Waals surface area contributed by atoms with Crippen molar-refractivity contribution in [1.82, 2.24) is 20.0 Å². The first-order chi connectivity index (χ1) is 9.98. The number of nitrogens with zero attached hydrogens (tertiary/aromatic N) is 3. The van der Waals surface area contributed by atoms with Gasteiger partial charge in [0.15, 0.2) is 0 Å². The van der Waals surface area contributed by atoms with Crippen LogP contribution in [-0.2, 0) is 11.8 Å². The quantitative estimate of drug-likeness (QED) is 0.877. The highest BCUT2D eigenvalue weighted by molar-refractivity contribution is 5.81. The molecule has 5 nitrogen and oxygen atoms in total. The molecule has 1 aliphatic carbocycles. The van der Waals surface area contributed by atoms with E-state index in [1.54, 1.807) is 0 Å². The molecular weight excluding hydrogens is 264 g/mol. The van der Waals surface area contributed by atoms with Gasteiger partial charge in [0.25, 0.3) is 0 Å². The molecule has 114 valence electrons. The first-order valence-corrected chi connectivity index (χ1v) is 7.96. The number of amides is 1. The van der Waals surface area contributed by atoms with Gasteiger partial charge in [-0.25, -0.2) is 0 Å². The van der Waals surface area contributed by atoms with Crippen molar-refractivity contribution < 1.29 is 4.79 Å². The third-order valence-electron chi connectivity index (χ3n) is 6.12. The van der Waals surface area contributed by atoms with Crippen LogP contribution < -0.4 is 5.32 Å². The maximum absolute atomic E-state index is 12.9. The SMILES string of the molecule is Cn1cc([C@H]2CNC[C@@H]2C(=O)N2CC3C(C2)C3(C)C)cn1. The summed E-state index contributed by atoms with van der Waals surface area (Å²) in [5.74, 6) is 2.16. The lowest BCUT2D eigenvalue weighted by molar-refractivity contribution is -0.135. The number of hydrogen-bond donors (Lipinski definition) is 1. The lowest BCUT2D eigenvalue weighted by Crippen LogP contribution is -2.39. The fourth-order valence-electron chi connectivity index (χ4n) is 4.47. The third kappa shape index (κ3) is 1.94. The van der Waals surface area contributed by atoms with Crippen LogP contribution in [0.25, 0.3) is 0 Å². The summed E-state index contributed by atoms with van der Waals surface area (Å²) >= 11 is 0. The number of likely N-dealkylation sites (tertiary alicyclic amines) is 1. The Kier molecular flexibility index (Phi) is 2.74. The van der Waals surface area contributed by atoms with Gasteiger partial charge in [-0.1, -0.05) is 13.8 Å². The monoisotopic (exact) mass is 288 g/mol. The van der Waals surface area contributed by atoms with E-state index in [-0.39, 0.29) is 11.8 Å². The molecule has 1 aromatic heterocycles. The first-order valence-electron chi connectivity index (χ1n) is 7.96. The van der Waals surface area contributed by atoms with Crippen LogP contribution >= 0.6 is 0 Å². The average molecular weight is 288 g/mol. The van der Waals surface area contributed by atoms with Crippen LogP contribution in [0.15, 0.2) is 12.4 Å². The molecule has 0 bridgehead atoms. The van der Waals surface area contributed by atoms with Gasteiger partial charge in [-0.15, -0.1) is 0 Å². The summed E-state index contributed by atoms with van der Waals surface area (Å²) in [6.45, 7) is 8.28. The molecule has 0 aromatic carbocycles. The second-order valence-corrected chi connectivity index (χ2v) is 7.60. The van der Waals surface area contributed by atoms with E-state index >= 15 is 0 Å². The molecule has 4 rings (SSSR count). The zero-order valence-electron chi connectivity index (χ0n) is 13.0. The van der Waals surface area contributed by atoms with Crippen molar-refractivity contribution in [3.05, 3.63) is 18.0 Å². The van der Waals surface area contributed by atoms with Crippen molar-refractivity contribution in [3.63, 3.8) is 0 Å². The molecule has 2 aliphatic heterocycles. The van der Waals surface area contributed by atoms with Crippen molar-refractivity contribution in [2.24, 2.45) is 30.2 Å². The predicted octanol–water partition coefficient (Wildman–Crippen LogP) is 0.837. The van der Waals surface area contributed by atoms with Crippen LogP contribution in [0.4, 0.5) is 0 Å². The van der Waals surface area contributed by atoms with Gasteiger partial charge in [-0.05, 0) is 22.8 Å². The number of carbonyl (C=O) groups is 1. The molecule has 4 atom stereocenters. The fourth-order valence-corrected chi connectivity index (χ4v) is 4.47. The van der Waals surface area contributed by atoms with E-state index < -0.39 is 0 Å². The van der Waals surface area contributed by atoms with E-state index in [9.17, 15) is 4.79 Å². The largest absolute Gasteiger partial charge is 0.342 e. The molecule has 3 aliphatic rings. The number of fused-ring (bicyclic) bond motifs is 1. The maximum Gasteiger partial charge on any atom is 0.227 e. The number of piperidine rings is 1. The molecule has 2 unspecified atom stereocenters. The van der Waals surface area contributed by atoms with Gasteiger partial charge < -0.3 is 10.2 Å². The standard InChI is InChI=1S/C16H24N4O/c1-16(2)13-8-20(9-14(13)16)15(21)12-6-17-5-11(12)10-4-18-19(3)7-10/h4,7,11-14,17H,5-6,8-9H2,1-3H3/t11-,12+,13?,14?/m1/s1. The number of rotatable bonds is 2. The Morgan fingerprint density at radius 3 is 2.67 bits per heavy atom. The molecule has 0 spiro atoms. The molecule has 5 heteroatoms. The summed E-state index contributed by atoms with van der Waals surface area (Å²) < 4.78 is 1.82. The van der Waals surface area contributed by atoms with Crippen molar-refractivity contribution in [2.45, 2.75) is 19.8 Å². The predicted molar refractivity (Wildman–Crippen MR) is 79.6 cm³/mol. The smallest absolute Gasteiger partial charge is 0.227 e. The van der Waals surface area contributed by atoms with Crippen LogP contribution in [0.2, 0.25) is 0 Å². The van der Waals surface area contributed by atoms with Gasteiger partial charge in [0.2, 0.25) is 5.91 Å². The lowest BCUT2D eigenvalue weighted by Gasteiger charge is -2.27. The van der Waals surface area contributed by atoms with Crippen molar-refractivity contribution in [3.8, 4) is 0 Å². The molecule has 3 heterocycles. The normalized spacial score (nSPS) is 36.8. The fraction of sp³-hybridized carbons (Fsp3) is 0.750. The molecule has 21 heavy (non-hydrogen) atoms. The topological polar surface area (TPSA) is 50.2 Å². The van der Waals surface area contributed by atoms with E-state index in [1.165, 1.54) is 5.56 Å². The molecule has 3 fully saturated rings. The zero-order valence-corrected chi connectivity index (χ0v) is 13.0. The Morgan fingerprint density at radius 2 is 2.05 bits per heavy atom. The molecular formula is C16H24N4O. The number of aromatic nitrogens is 2. The molecule has 1 saturated carbocycles. The second-order valence-electron chi connectivity index (χ2n) is 7.60. The van der Waals surface area contributed by atoms with Crippen LogP contribution in [0.5, 0.6) is 0 Å². The lowest BCUT2D eigenvalue weighted by atomic mass is 9.89. The Balaban J connectivity index is 1.47. The van der Waals surface area contributed by atoms with Crippen molar-refractivity contribution in [1.29, 1.82) is 0 Å². The van der Waals surface area contributed by atoms with Gasteiger partial charge in [-0.3, -0.25) is 9.48 Å². The van der Waals surface area contributed by atoms with Gasteiger partial charge in [0.05, 0.1) is 12.1 Å². The van der Waals surface area contributed by atoms with Crippen LogP contribution in [0, 0.1) is 23.2 Å². The van der Waals surface area contributed by atoms with Gasteiger partial charge in [-0.2, -0.15) is 5.10 Å². The Morgan fingerprint density at radius 1 is 1.33 bits per heavy atom. The molecule has 0 radical (unpaired) electrons. The Labute approximate surface area is 125 Å². The van der Waals surface area contributed by atoms with Gasteiger partial charge in [0.1, 0.15) is 0 Å². The minimum Gasteiger partial charge on any atom is -0.342 e. The Bertz CT molecular complexity index is 565. The Hall–Kier alpha value is -1.36. The van der Waals surface area contributed by atoms with E-state index in [1.807, 2.05) is 24.1 Å².